The molecule has 1 saturated heterocycles. The van der Waals surface area contributed by atoms with Gasteiger partial charge in [-0.15, -0.1) is 0 Å². The van der Waals surface area contributed by atoms with Crippen LogP contribution in [0.5, 0.6) is 0 Å². The Labute approximate surface area is 157 Å². The van der Waals surface area contributed by atoms with E-state index in [2.05, 4.69) is 5.32 Å². The largest absolute Gasteiger partial charge is 0.479 e. The number of rotatable bonds is 4. The minimum absolute atomic E-state index is 0.115. The fourth-order valence-corrected chi connectivity index (χ4v) is 5.77. The van der Waals surface area contributed by atoms with Crippen LogP contribution in [0, 0.1) is 11.3 Å². The first-order valence-corrected chi connectivity index (χ1v) is 10.8. The van der Waals surface area contributed by atoms with E-state index in [1.807, 2.05) is 30.3 Å². The molecule has 6 nitrogen and oxygen atoms in total. The average molecular weight is 387 g/mol. The molecule has 2 aromatic rings. The van der Waals surface area contributed by atoms with Crippen LogP contribution in [0.1, 0.15) is 30.9 Å². The van der Waals surface area contributed by atoms with Crippen LogP contribution in [0.15, 0.2) is 42.5 Å². The maximum atomic E-state index is 12.7. The van der Waals surface area contributed by atoms with Crippen molar-refractivity contribution in [2.75, 3.05) is 11.5 Å². The first kappa shape index (κ1) is 18.0. The van der Waals surface area contributed by atoms with E-state index in [9.17, 15) is 23.1 Å². The lowest BCUT2D eigenvalue weighted by atomic mass is 9.95. The molecule has 0 radical (unpaired) electrons. The van der Waals surface area contributed by atoms with E-state index >= 15 is 0 Å². The highest BCUT2D eigenvalue weighted by Crippen LogP contribution is 2.59. The second-order valence-corrected chi connectivity index (χ2v) is 9.96. The zero-order valence-electron chi connectivity index (χ0n) is 14.7. The standard InChI is InChI=1S/C20H21NO5S/c22-18(16-12-20(16)7-9-27(25,26)10-8-20)21-17(19(23)24)15-6-5-13-3-1-2-4-14(13)11-15/h1-6,11,16-17H,7-10,12H2,(H,21,22)(H,23,24). The van der Waals surface area contributed by atoms with Crippen LogP contribution in [0.4, 0.5) is 0 Å². The molecule has 1 heterocycles. The van der Waals surface area contributed by atoms with Crippen LogP contribution in [0.25, 0.3) is 10.8 Å². The normalized spacial score (nSPS) is 23.6. The van der Waals surface area contributed by atoms with Gasteiger partial charge in [-0.2, -0.15) is 0 Å². The number of aliphatic carboxylic acids is 1. The van der Waals surface area contributed by atoms with Gasteiger partial charge in [-0.05, 0) is 47.1 Å². The molecular formula is C20H21NO5S. The Hall–Kier alpha value is -2.41. The molecule has 7 heteroatoms. The highest BCUT2D eigenvalue weighted by atomic mass is 32.2. The summed E-state index contributed by atoms with van der Waals surface area (Å²) in [6, 6.07) is 11.9. The summed E-state index contributed by atoms with van der Waals surface area (Å²) in [6.07, 6.45) is 1.61. The maximum absolute atomic E-state index is 12.7. The zero-order valence-corrected chi connectivity index (χ0v) is 15.5. The first-order chi connectivity index (χ1) is 12.8. The fraction of sp³-hybridized carbons (Fsp3) is 0.400. The third-order valence-corrected chi connectivity index (χ3v) is 7.62. The molecule has 27 heavy (non-hydrogen) atoms. The van der Waals surface area contributed by atoms with E-state index in [4.69, 9.17) is 0 Å². The Balaban J connectivity index is 1.50. The summed E-state index contributed by atoms with van der Waals surface area (Å²) in [4.78, 5) is 24.4. The van der Waals surface area contributed by atoms with Crippen LogP contribution < -0.4 is 5.32 Å². The van der Waals surface area contributed by atoms with Crippen molar-refractivity contribution in [3.05, 3.63) is 48.0 Å². The number of benzene rings is 2. The van der Waals surface area contributed by atoms with Crippen molar-refractivity contribution in [2.24, 2.45) is 11.3 Å². The smallest absolute Gasteiger partial charge is 0.330 e. The van der Waals surface area contributed by atoms with Gasteiger partial charge in [0.1, 0.15) is 9.84 Å². The summed E-state index contributed by atoms with van der Waals surface area (Å²) in [7, 11) is -2.99. The van der Waals surface area contributed by atoms with Gasteiger partial charge in [-0.3, -0.25) is 4.79 Å². The van der Waals surface area contributed by atoms with Gasteiger partial charge in [-0.1, -0.05) is 36.4 Å². The van der Waals surface area contributed by atoms with Crippen molar-refractivity contribution in [2.45, 2.75) is 25.3 Å². The highest BCUT2D eigenvalue weighted by molar-refractivity contribution is 7.91. The summed E-state index contributed by atoms with van der Waals surface area (Å²) in [5.74, 6) is -1.47. The number of sulfone groups is 1. The van der Waals surface area contributed by atoms with Gasteiger partial charge in [-0.25, -0.2) is 13.2 Å². The second-order valence-electron chi connectivity index (χ2n) is 7.66. The van der Waals surface area contributed by atoms with E-state index in [-0.39, 0.29) is 28.7 Å². The van der Waals surface area contributed by atoms with Gasteiger partial charge in [0.2, 0.25) is 5.91 Å². The van der Waals surface area contributed by atoms with Gasteiger partial charge >= 0.3 is 5.97 Å². The Morgan fingerprint density at radius 3 is 2.41 bits per heavy atom. The minimum atomic E-state index is -2.99. The molecule has 0 aromatic heterocycles. The Kier molecular flexibility index (Phi) is 4.22. The van der Waals surface area contributed by atoms with Crippen molar-refractivity contribution < 1.29 is 23.1 Å². The molecule has 1 spiro atoms. The number of carbonyl (C=O) groups excluding carboxylic acids is 1. The molecule has 2 aromatic carbocycles. The maximum Gasteiger partial charge on any atom is 0.330 e. The number of carboxylic acids is 1. The molecule has 4 rings (SSSR count). The van der Waals surface area contributed by atoms with Crippen LogP contribution in [-0.4, -0.2) is 36.9 Å². The molecule has 1 amide bonds. The Morgan fingerprint density at radius 1 is 1.07 bits per heavy atom. The number of fused-ring (bicyclic) bond motifs is 1. The van der Waals surface area contributed by atoms with Gasteiger partial charge in [0.05, 0.1) is 11.5 Å². The molecule has 2 fully saturated rings. The quantitative estimate of drug-likeness (QED) is 0.838. The lowest BCUT2D eigenvalue weighted by Crippen LogP contribution is -2.37. The van der Waals surface area contributed by atoms with Crippen LogP contribution in [-0.2, 0) is 19.4 Å². The summed E-state index contributed by atoms with van der Waals surface area (Å²) in [5, 5.41) is 14.2. The predicted octanol–water partition coefficient (Wildman–Crippen LogP) is 2.30. The fourth-order valence-electron chi connectivity index (χ4n) is 4.13. The zero-order chi connectivity index (χ0) is 19.2. The molecule has 2 N–H and O–H groups in total. The monoisotopic (exact) mass is 387 g/mol. The molecule has 2 unspecified atom stereocenters. The van der Waals surface area contributed by atoms with E-state index in [1.54, 1.807) is 12.1 Å². The van der Waals surface area contributed by atoms with Gasteiger partial charge in [0.15, 0.2) is 6.04 Å². The molecule has 142 valence electrons. The number of hydrogen-bond donors (Lipinski definition) is 2. The lowest BCUT2D eigenvalue weighted by molar-refractivity contribution is -0.142. The Bertz CT molecular complexity index is 1020. The third kappa shape index (κ3) is 3.43. The minimum Gasteiger partial charge on any atom is -0.479 e. The van der Waals surface area contributed by atoms with Crippen LogP contribution in [0.2, 0.25) is 0 Å². The number of amides is 1. The molecule has 0 bridgehead atoms. The SMILES string of the molecule is O=C(O)C(NC(=O)C1CC12CCS(=O)(=O)CC2)c1ccc2ccccc2c1. The molecule has 2 aliphatic rings. The summed E-state index contributed by atoms with van der Waals surface area (Å²) in [5.41, 5.74) is 0.262. The average Bonchev–Trinajstić information content (AvgIpc) is 3.36. The molecule has 1 aliphatic heterocycles. The lowest BCUT2D eigenvalue weighted by Gasteiger charge is -2.23. The van der Waals surface area contributed by atoms with E-state index < -0.39 is 21.8 Å². The van der Waals surface area contributed by atoms with Crippen molar-refractivity contribution in [3.8, 4) is 0 Å². The van der Waals surface area contributed by atoms with Crippen molar-refractivity contribution in [1.82, 2.24) is 5.32 Å². The van der Waals surface area contributed by atoms with Crippen molar-refractivity contribution in [3.63, 3.8) is 0 Å². The predicted molar refractivity (Wildman–Crippen MR) is 101 cm³/mol. The number of hydrogen-bond acceptors (Lipinski definition) is 4. The van der Waals surface area contributed by atoms with Gasteiger partial charge in [0.25, 0.3) is 0 Å². The molecule has 2 atom stereocenters. The molecule has 1 saturated carbocycles. The van der Waals surface area contributed by atoms with Crippen LogP contribution >= 0.6 is 0 Å². The highest BCUT2D eigenvalue weighted by Gasteiger charge is 2.59. The van der Waals surface area contributed by atoms with Gasteiger partial charge in [0, 0.05) is 5.92 Å². The van der Waals surface area contributed by atoms with Gasteiger partial charge < -0.3 is 10.4 Å². The number of carboxylic acid groups (broad SMARTS) is 1. The van der Waals surface area contributed by atoms with Crippen molar-refractivity contribution in [1.29, 1.82) is 0 Å². The van der Waals surface area contributed by atoms with E-state index in [0.717, 1.165) is 10.8 Å². The summed E-state index contributed by atoms with van der Waals surface area (Å²) >= 11 is 0. The summed E-state index contributed by atoms with van der Waals surface area (Å²) < 4.78 is 23.2. The molecular weight excluding hydrogens is 366 g/mol. The molecule has 1 aliphatic carbocycles. The Morgan fingerprint density at radius 2 is 1.74 bits per heavy atom. The first-order valence-electron chi connectivity index (χ1n) is 9.02. The summed E-state index contributed by atoms with van der Waals surface area (Å²) in [6.45, 7) is 0. The second kappa shape index (κ2) is 6.34. The van der Waals surface area contributed by atoms with E-state index in [0.29, 0.717) is 24.8 Å². The van der Waals surface area contributed by atoms with E-state index in [1.165, 1.54) is 0 Å². The topological polar surface area (TPSA) is 101 Å². The van der Waals surface area contributed by atoms with Crippen LogP contribution in [0.3, 0.4) is 0 Å². The third-order valence-electron chi connectivity index (χ3n) is 5.97. The number of carbonyl (C=O) groups is 2. The van der Waals surface area contributed by atoms with Crippen molar-refractivity contribution >= 4 is 32.5 Å². The number of nitrogens with one attached hydrogen (secondary N) is 1.